The molecule has 146 valence electrons. The van der Waals surface area contributed by atoms with Crippen molar-refractivity contribution in [2.45, 2.75) is 24.5 Å². The zero-order valence-electron chi connectivity index (χ0n) is 11.9. The third kappa shape index (κ3) is 4.76. The van der Waals surface area contributed by atoms with Crippen LogP contribution in [-0.2, 0) is 58.6 Å². The Kier molecular flexibility index (Phi) is 7.93. The predicted molar refractivity (Wildman–Crippen MR) is 67.6 cm³/mol. The fourth-order valence-corrected chi connectivity index (χ4v) is 2.64. The number of imidazole rings is 1. The third-order valence-corrected chi connectivity index (χ3v) is 3.84. The van der Waals surface area contributed by atoms with Gasteiger partial charge in [0.05, 0.1) is 27.1 Å². The summed E-state index contributed by atoms with van der Waals surface area (Å²) in [5.74, 6) is 0. The van der Waals surface area contributed by atoms with Gasteiger partial charge >= 0.3 is 44.8 Å². The number of aliphatic hydroxyl groups is 2. The van der Waals surface area contributed by atoms with Crippen molar-refractivity contribution in [1.82, 2.24) is 19.5 Å². The van der Waals surface area contributed by atoms with E-state index in [9.17, 15) is 29.4 Å². The molecule has 0 aliphatic carbocycles. The fourth-order valence-electron chi connectivity index (χ4n) is 2.31. The van der Waals surface area contributed by atoms with Gasteiger partial charge in [0.25, 0.3) is 5.56 Å². The maximum absolute atomic E-state index is 11.6. The smallest absolute Gasteiger partial charge is 0.790 e. The molecule has 3 rings (SSSR count). The summed E-state index contributed by atoms with van der Waals surface area (Å²) in [5.41, 5.74) is -0.397. The van der Waals surface area contributed by atoms with Crippen LogP contribution in [0.1, 0.15) is 6.23 Å². The van der Waals surface area contributed by atoms with Gasteiger partial charge in [0.15, 0.2) is 17.4 Å². The van der Waals surface area contributed by atoms with E-state index in [1.807, 2.05) is 0 Å². The Morgan fingerprint density at radius 2 is 2.00 bits per heavy atom. The quantitative estimate of drug-likeness (QED) is 0.251. The van der Waals surface area contributed by atoms with E-state index in [2.05, 4.69) is 19.5 Å². The largest absolute Gasteiger partial charge is 1.00 e. The van der Waals surface area contributed by atoms with Crippen LogP contribution in [0.4, 0.5) is 0 Å². The summed E-state index contributed by atoms with van der Waals surface area (Å²) in [4.78, 5) is 42.6. The van der Waals surface area contributed by atoms with Crippen LogP contribution < -0.4 is 15.3 Å². The van der Waals surface area contributed by atoms with Crippen LogP contribution in [0.3, 0.4) is 0 Å². The number of aromatic amines is 1. The van der Waals surface area contributed by atoms with E-state index in [1.54, 1.807) is 0 Å². The number of rotatable bonds is 4. The van der Waals surface area contributed by atoms with Crippen molar-refractivity contribution in [3.05, 3.63) is 23.0 Å². The monoisotopic (exact) mass is 560 g/mol. The average molecular weight is 562 g/mol. The minimum atomic E-state index is -5.24. The first-order valence-electron chi connectivity index (χ1n) is 6.36. The summed E-state index contributed by atoms with van der Waals surface area (Å²) in [6, 6.07) is 0. The normalized spacial score (nSPS) is 26.2. The van der Waals surface area contributed by atoms with Crippen LogP contribution in [0, 0.1) is 0 Å². The van der Waals surface area contributed by atoms with Gasteiger partial charge < -0.3 is 38.8 Å². The van der Waals surface area contributed by atoms with Crippen LogP contribution in [0.15, 0.2) is 17.4 Å². The molecule has 2 aromatic heterocycles. The van der Waals surface area contributed by atoms with Gasteiger partial charge in [0.1, 0.15) is 18.3 Å². The molecule has 2 aromatic rings. The molecule has 0 unspecified atom stereocenters. The third-order valence-electron chi connectivity index (χ3n) is 3.37. The molecule has 0 amide bonds. The number of fused-ring (bicyclic) bond motifs is 1. The van der Waals surface area contributed by atoms with Gasteiger partial charge in [-0.25, -0.2) is 9.97 Å². The predicted octanol–water partition coefficient (Wildman–Crippen LogP) is -3.42. The van der Waals surface area contributed by atoms with E-state index in [1.165, 1.54) is 10.9 Å². The van der Waals surface area contributed by atoms with Crippen molar-refractivity contribution >= 4 is 19.0 Å². The number of aliphatic hydroxyl groups excluding tert-OH is 2. The first-order chi connectivity index (χ1) is 10.8. The summed E-state index contributed by atoms with van der Waals surface area (Å²) in [7, 11) is -5.24. The number of nitrogens with zero attached hydrogens (tertiary/aromatic N) is 3. The van der Waals surface area contributed by atoms with Crippen LogP contribution in [0.25, 0.3) is 11.2 Å². The Labute approximate surface area is 170 Å². The molecule has 1 saturated heterocycles. The summed E-state index contributed by atoms with van der Waals surface area (Å²) < 4.78 is 21.1. The van der Waals surface area contributed by atoms with E-state index in [0.717, 1.165) is 6.33 Å². The van der Waals surface area contributed by atoms with Crippen LogP contribution in [0.5, 0.6) is 0 Å². The molecule has 12 nitrogen and oxygen atoms in total. The number of phosphoric acid groups is 1. The minimum Gasteiger partial charge on any atom is -0.790 e. The number of ether oxygens (including phenoxy) is 1. The number of aromatic nitrogens is 4. The van der Waals surface area contributed by atoms with Gasteiger partial charge in [0, 0.05) is 0 Å². The molecule has 0 bridgehead atoms. The molecule has 3 N–H and O–H groups in total. The van der Waals surface area contributed by atoms with E-state index >= 15 is 0 Å². The topological polar surface area (TPSA) is 186 Å². The Morgan fingerprint density at radius 1 is 1.32 bits per heavy atom. The van der Waals surface area contributed by atoms with Crippen LogP contribution in [0.2, 0.25) is 0 Å². The van der Waals surface area contributed by atoms with E-state index in [0.29, 0.717) is 0 Å². The molecule has 4 atom stereocenters. The van der Waals surface area contributed by atoms with Crippen molar-refractivity contribution in [2.24, 2.45) is 0 Å². The number of H-pyrrole nitrogens is 1. The van der Waals surface area contributed by atoms with Crippen LogP contribution in [-0.4, -0.2) is 54.7 Å². The Hall–Kier alpha value is -0.179. The summed E-state index contributed by atoms with van der Waals surface area (Å²) in [6.07, 6.45) is -3.11. The first kappa shape index (κ1) is 22.9. The minimum absolute atomic E-state index is 0. The van der Waals surface area contributed by atoms with Crippen molar-refractivity contribution < 1.29 is 78.6 Å². The standard InChI is InChI=1S/C10H13N4O8P.2Ag/c15-6-4(1-21-23(18,19)20)22-10(7(6)16)14-3-13-5-8(14)11-2-12-9(5)17;;/h2-4,6-7,10,15-16H,1H2,(H,11,12,17)(H2,18,19,20);;/q;2*+1/p-2/t4-,6-,7-,10-;;/m1../s1. The second-order valence-corrected chi connectivity index (χ2v) is 6.00. The average Bonchev–Trinajstić information content (AvgIpc) is 3.01. The molecule has 0 spiro atoms. The molecule has 3 heterocycles. The maximum Gasteiger partial charge on any atom is 1.00 e. The van der Waals surface area contributed by atoms with Gasteiger partial charge in [-0.2, -0.15) is 0 Å². The molecule has 25 heavy (non-hydrogen) atoms. The van der Waals surface area contributed by atoms with Gasteiger partial charge in [0.2, 0.25) is 0 Å². The van der Waals surface area contributed by atoms with Gasteiger partial charge in [-0.05, 0) is 0 Å². The number of nitrogens with one attached hydrogen (secondary N) is 1. The van der Waals surface area contributed by atoms with E-state index < -0.39 is 44.5 Å². The molecule has 0 saturated carbocycles. The zero-order valence-corrected chi connectivity index (χ0v) is 15.8. The molecule has 1 aliphatic heterocycles. The number of hydrogen-bond donors (Lipinski definition) is 3. The zero-order chi connectivity index (χ0) is 16.8. The fraction of sp³-hybridized carbons (Fsp3) is 0.500. The molecular formula is C10H11Ag2N4O8P. The van der Waals surface area contributed by atoms with Gasteiger partial charge in [-0.15, -0.1) is 0 Å². The van der Waals surface area contributed by atoms with Crippen molar-refractivity contribution in [2.75, 3.05) is 6.61 Å². The van der Waals surface area contributed by atoms with Crippen LogP contribution >= 0.6 is 7.82 Å². The Morgan fingerprint density at radius 3 is 2.64 bits per heavy atom. The molecule has 1 aliphatic rings. The van der Waals surface area contributed by atoms with Crippen molar-refractivity contribution in [3.8, 4) is 0 Å². The SMILES string of the molecule is O=c1[nH]cnc2c1ncn2[C@@H]1O[C@H](COP(=O)([O-])[O-])[C@@H](O)[C@H]1O.[Ag+].[Ag+]. The Bertz CT molecular complexity index is 825. The van der Waals surface area contributed by atoms with E-state index in [-0.39, 0.29) is 55.9 Å². The summed E-state index contributed by atoms with van der Waals surface area (Å²) >= 11 is 0. The van der Waals surface area contributed by atoms with Gasteiger partial charge in [-0.1, -0.05) is 0 Å². The molecule has 0 aromatic carbocycles. The second kappa shape index (κ2) is 8.67. The molecular weight excluding hydrogens is 551 g/mol. The first-order valence-corrected chi connectivity index (χ1v) is 7.82. The maximum atomic E-state index is 11.6. The van der Waals surface area contributed by atoms with Crippen molar-refractivity contribution in [1.29, 1.82) is 0 Å². The number of hydrogen-bond acceptors (Lipinski definition) is 10. The van der Waals surface area contributed by atoms with Crippen molar-refractivity contribution in [3.63, 3.8) is 0 Å². The van der Waals surface area contributed by atoms with E-state index in [4.69, 9.17) is 4.74 Å². The molecule has 15 heteroatoms. The number of phosphoric ester groups is 1. The Balaban J connectivity index is 0.00000156. The molecule has 1 fully saturated rings. The summed E-state index contributed by atoms with van der Waals surface area (Å²) in [6.45, 7) is -0.750. The molecule has 0 radical (unpaired) electrons. The van der Waals surface area contributed by atoms with Gasteiger partial charge in [-0.3, -0.25) is 9.36 Å². The summed E-state index contributed by atoms with van der Waals surface area (Å²) in [5, 5.41) is 19.9. The second-order valence-electron chi connectivity index (χ2n) is 4.84.